The topological polar surface area (TPSA) is 53.4 Å². The molecule has 0 N–H and O–H groups in total. The van der Waals surface area contributed by atoms with Gasteiger partial charge in [0, 0.05) is 18.7 Å². The molecule has 1 aromatic rings. The Bertz CT molecular complexity index is 449. The van der Waals surface area contributed by atoms with Crippen molar-refractivity contribution in [3.05, 3.63) is 24.7 Å². The Kier molecular flexibility index (Phi) is 5.09. The SMILES string of the molecule is C=C(F)CCCOc1ccn(C(=O)OC(C)(C)C)n1. The van der Waals surface area contributed by atoms with E-state index in [0.29, 0.717) is 18.9 Å². The largest absolute Gasteiger partial charge is 0.477 e. The van der Waals surface area contributed by atoms with Crippen LogP contribution in [0.25, 0.3) is 0 Å². The Morgan fingerprint density at radius 1 is 1.53 bits per heavy atom. The van der Waals surface area contributed by atoms with Crippen LogP contribution in [0.3, 0.4) is 0 Å². The normalized spacial score (nSPS) is 11.2. The quantitative estimate of drug-likeness (QED) is 0.770. The maximum absolute atomic E-state index is 12.4. The molecule has 0 radical (unpaired) electrons. The summed E-state index contributed by atoms with van der Waals surface area (Å²) in [4.78, 5) is 11.7. The van der Waals surface area contributed by atoms with E-state index in [4.69, 9.17) is 9.47 Å². The zero-order valence-electron chi connectivity index (χ0n) is 11.5. The number of nitrogens with zero attached hydrogens (tertiary/aromatic N) is 2. The molecule has 0 unspecified atom stereocenters. The van der Waals surface area contributed by atoms with E-state index in [2.05, 4.69) is 11.7 Å². The van der Waals surface area contributed by atoms with E-state index < -0.39 is 11.7 Å². The molecule has 5 nitrogen and oxygen atoms in total. The average Bonchev–Trinajstić information content (AvgIpc) is 2.70. The van der Waals surface area contributed by atoms with Gasteiger partial charge in [-0.2, -0.15) is 4.68 Å². The van der Waals surface area contributed by atoms with E-state index >= 15 is 0 Å². The third-order valence-electron chi connectivity index (χ3n) is 1.99. The van der Waals surface area contributed by atoms with Gasteiger partial charge in [0.15, 0.2) is 0 Å². The smallest absolute Gasteiger partial charge is 0.435 e. The number of aromatic nitrogens is 2. The molecule has 0 spiro atoms. The molecule has 6 heteroatoms. The minimum atomic E-state index is -0.578. The van der Waals surface area contributed by atoms with Crippen molar-refractivity contribution < 1.29 is 18.7 Å². The van der Waals surface area contributed by atoms with E-state index in [1.54, 1.807) is 26.8 Å². The van der Waals surface area contributed by atoms with Crippen molar-refractivity contribution >= 4 is 6.09 Å². The van der Waals surface area contributed by atoms with Crippen LogP contribution in [-0.4, -0.2) is 28.1 Å². The molecule has 0 aliphatic rings. The number of allylic oxidation sites excluding steroid dienone is 1. The standard InChI is InChI=1S/C13H19FN2O3/c1-10(14)6-5-9-18-11-7-8-16(15-11)12(17)19-13(2,3)4/h7-8H,1,5-6,9H2,2-4H3. The van der Waals surface area contributed by atoms with Crippen LogP contribution in [0.2, 0.25) is 0 Å². The van der Waals surface area contributed by atoms with Crippen LogP contribution < -0.4 is 4.74 Å². The van der Waals surface area contributed by atoms with Crippen molar-refractivity contribution in [3.63, 3.8) is 0 Å². The molecule has 19 heavy (non-hydrogen) atoms. The molecule has 0 fully saturated rings. The van der Waals surface area contributed by atoms with Crippen molar-refractivity contribution in [3.8, 4) is 5.88 Å². The lowest BCUT2D eigenvalue weighted by molar-refractivity contribution is 0.0511. The summed E-state index contributed by atoms with van der Waals surface area (Å²) in [5, 5.41) is 3.91. The summed E-state index contributed by atoms with van der Waals surface area (Å²) in [5.74, 6) is -0.0711. The Morgan fingerprint density at radius 3 is 2.79 bits per heavy atom. The van der Waals surface area contributed by atoms with Crippen LogP contribution in [0.4, 0.5) is 9.18 Å². The van der Waals surface area contributed by atoms with E-state index in [1.807, 2.05) is 0 Å². The molecule has 106 valence electrons. The van der Waals surface area contributed by atoms with Crippen LogP contribution in [0.5, 0.6) is 5.88 Å². The lowest BCUT2D eigenvalue weighted by Gasteiger charge is -2.18. The average molecular weight is 270 g/mol. The molecule has 0 amide bonds. The number of rotatable bonds is 5. The highest BCUT2D eigenvalue weighted by molar-refractivity contribution is 5.69. The molecule has 1 rings (SSSR count). The van der Waals surface area contributed by atoms with Gasteiger partial charge in [-0.15, -0.1) is 5.10 Å². The second kappa shape index (κ2) is 6.36. The van der Waals surface area contributed by atoms with Crippen LogP contribution in [0.1, 0.15) is 33.6 Å². The fraction of sp³-hybridized carbons (Fsp3) is 0.538. The number of carbonyl (C=O) groups is 1. The molecule has 1 aromatic heterocycles. The van der Waals surface area contributed by atoms with Gasteiger partial charge >= 0.3 is 6.09 Å². The summed E-state index contributed by atoms with van der Waals surface area (Å²) in [6.07, 6.45) is 1.65. The molecule has 0 aliphatic heterocycles. The Hall–Kier alpha value is -1.85. The fourth-order valence-corrected chi connectivity index (χ4v) is 1.24. The van der Waals surface area contributed by atoms with Crippen molar-refractivity contribution in [2.24, 2.45) is 0 Å². The Labute approximate surface area is 112 Å². The van der Waals surface area contributed by atoms with Crippen molar-refractivity contribution in [1.29, 1.82) is 0 Å². The molecule has 0 saturated heterocycles. The van der Waals surface area contributed by atoms with E-state index in [0.717, 1.165) is 4.68 Å². The monoisotopic (exact) mass is 270 g/mol. The minimum Gasteiger partial charge on any atom is -0.477 e. The van der Waals surface area contributed by atoms with Gasteiger partial charge in [-0.05, 0) is 27.2 Å². The Morgan fingerprint density at radius 2 is 2.21 bits per heavy atom. The molecular formula is C13H19FN2O3. The molecule has 0 aliphatic carbocycles. The van der Waals surface area contributed by atoms with E-state index in [9.17, 15) is 9.18 Å². The third kappa shape index (κ3) is 6.03. The molecule has 0 aromatic carbocycles. The summed E-state index contributed by atoms with van der Waals surface area (Å²) in [7, 11) is 0. The van der Waals surface area contributed by atoms with Gasteiger partial charge in [0.25, 0.3) is 0 Å². The van der Waals surface area contributed by atoms with Gasteiger partial charge in [0.1, 0.15) is 5.60 Å². The van der Waals surface area contributed by atoms with Crippen LogP contribution >= 0.6 is 0 Å². The maximum Gasteiger partial charge on any atom is 0.435 e. The second-order valence-corrected chi connectivity index (χ2v) is 5.05. The van der Waals surface area contributed by atoms with E-state index in [-0.39, 0.29) is 12.2 Å². The van der Waals surface area contributed by atoms with Gasteiger partial charge in [-0.1, -0.05) is 6.58 Å². The highest BCUT2D eigenvalue weighted by Gasteiger charge is 2.18. The molecular weight excluding hydrogens is 251 g/mol. The molecule has 0 atom stereocenters. The van der Waals surface area contributed by atoms with Crippen molar-refractivity contribution in [2.45, 2.75) is 39.2 Å². The first-order chi connectivity index (χ1) is 8.78. The molecule has 1 heterocycles. The number of hydrogen-bond acceptors (Lipinski definition) is 4. The lowest BCUT2D eigenvalue weighted by atomic mass is 10.2. The molecule has 0 bridgehead atoms. The fourth-order valence-electron chi connectivity index (χ4n) is 1.24. The van der Waals surface area contributed by atoms with Gasteiger partial charge in [-0.25, -0.2) is 9.18 Å². The van der Waals surface area contributed by atoms with Crippen LogP contribution in [0, 0.1) is 0 Å². The highest BCUT2D eigenvalue weighted by Crippen LogP contribution is 2.12. The van der Waals surface area contributed by atoms with Crippen LogP contribution in [-0.2, 0) is 4.74 Å². The van der Waals surface area contributed by atoms with Crippen LogP contribution in [0.15, 0.2) is 24.7 Å². The summed E-state index contributed by atoms with van der Waals surface area (Å²) < 4.78 is 23.8. The highest BCUT2D eigenvalue weighted by atomic mass is 19.1. The first kappa shape index (κ1) is 15.2. The number of hydrogen-bond donors (Lipinski definition) is 0. The zero-order chi connectivity index (χ0) is 14.5. The van der Waals surface area contributed by atoms with Gasteiger partial charge in [-0.3, -0.25) is 0 Å². The minimum absolute atomic E-state index is 0.257. The number of carbonyl (C=O) groups excluding carboxylic acids is 1. The number of halogens is 1. The van der Waals surface area contributed by atoms with E-state index in [1.165, 1.54) is 6.20 Å². The zero-order valence-corrected chi connectivity index (χ0v) is 11.5. The van der Waals surface area contributed by atoms with Crippen molar-refractivity contribution in [1.82, 2.24) is 9.78 Å². The second-order valence-electron chi connectivity index (χ2n) is 5.05. The third-order valence-corrected chi connectivity index (χ3v) is 1.99. The van der Waals surface area contributed by atoms with Gasteiger partial charge in [0.05, 0.1) is 12.4 Å². The lowest BCUT2D eigenvalue weighted by Crippen LogP contribution is -2.27. The van der Waals surface area contributed by atoms with Gasteiger partial charge in [0.2, 0.25) is 5.88 Å². The first-order valence-corrected chi connectivity index (χ1v) is 6.03. The number of ether oxygens (including phenoxy) is 2. The molecule has 0 saturated carbocycles. The Balaban J connectivity index is 2.44. The predicted molar refractivity (Wildman–Crippen MR) is 68.8 cm³/mol. The first-order valence-electron chi connectivity index (χ1n) is 6.03. The summed E-state index contributed by atoms with van der Waals surface area (Å²) >= 11 is 0. The summed E-state index contributed by atoms with van der Waals surface area (Å²) in [6.45, 7) is 8.79. The summed E-state index contributed by atoms with van der Waals surface area (Å²) in [5.41, 5.74) is -0.578. The maximum atomic E-state index is 12.4. The van der Waals surface area contributed by atoms with Crippen molar-refractivity contribution in [2.75, 3.05) is 6.61 Å². The summed E-state index contributed by atoms with van der Waals surface area (Å²) in [6, 6.07) is 1.55. The van der Waals surface area contributed by atoms with Gasteiger partial charge < -0.3 is 9.47 Å². The predicted octanol–water partition coefficient (Wildman–Crippen LogP) is 3.31.